The average molecular weight is 367 g/mol. The molecule has 6 nitrogen and oxygen atoms in total. The second-order valence-corrected chi connectivity index (χ2v) is 7.12. The smallest absolute Gasteiger partial charge is 0.330 e. The number of aromatic amines is 1. The minimum absolute atomic E-state index is 0.0202. The largest absolute Gasteiger partial charge is 0.353 e. The van der Waals surface area contributed by atoms with E-state index in [1.165, 1.54) is 22.5 Å². The predicted octanol–water partition coefficient (Wildman–Crippen LogP) is 1.98. The normalized spacial score (nSPS) is 27.0. The molecule has 0 bridgehead atoms. The van der Waals surface area contributed by atoms with Crippen LogP contribution < -0.4 is 11.2 Å². The molecule has 2 fully saturated rings. The Kier molecular flexibility index (Phi) is 6.14. The number of rotatable bonds is 1. The van der Waals surface area contributed by atoms with Crippen LogP contribution in [0.4, 0.5) is 0 Å². The highest BCUT2D eigenvalue weighted by molar-refractivity contribution is 8.14. The number of thioether (sulfide) groups is 1. The monoisotopic (exact) mass is 366 g/mol. The third-order valence-corrected chi connectivity index (χ3v) is 4.82. The molecule has 0 aliphatic carbocycles. The summed E-state index contributed by atoms with van der Waals surface area (Å²) in [5, 5.41) is 0.501. The first kappa shape index (κ1) is 17.6. The first-order valence-corrected chi connectivity index (χ1v) is 8.70. The Morgan fingerprint density at radius 3 is 2.77 bits per heavy atom. The lowest BCUT2D eigenvalue weighted by Crippen LogP contribution is -2.33. The van der Waals surface area contributed by atoms with Gasteiger partial charge in [0, 0.05) is 29.9 Å². The first-order chi connectivity index (χ1) is 10.5. The number of hydrogen-bond acceptors (Lipinski definition) is 5. The molecule has 0 radical (unpaired) electrons. The molecule has 1 aromatic rings. The van der Waals surface area contributed by atoms with Crippen molar-refractivity contribution in [2.75, 3.05) is 5.34 Å². The van der Waals surface area contributed by atoms with E-state index in [0.717, 1.165) is 0 Å². The van der Waals surface area contributed by atoms with Crippen LogP contribution in [0.15, 0.2) is 15.8 Å². The molecule has 0 spiro atoms. The fourth-order valence-corrected chi connectivity index (χ4v) is 3.73. The Hall–Kier alpha value is -0.760. The van der Waals surface area contributed by atoms with Crippen LogP contribution in [0, 0.1) is 6.92 Å². The SMILES string of the molecule is Cc1cn([C@H]2C[C@@H]3SC(=O)CC[C@H]3O2)c(=O)[nH]c1=O.ClCCl. The van der Waals surface area contributed by atoms with E-state index in [1.807, 2.05) is 0 Å². The Labute approximate surface area is 141 Å². The van der Waals surface area contributed by atoms with Gasteiger partial charge in [0.1, 0.15) is 6.23 Å². The minimum atomic E-state index is -0.462. The van der Waals surface area contributed by atoms with Gasteiger partial charge in [-0.3, -0.25) is 19.1 Å². The van der Waals surface area contributed by atoms with Crippen LogP contribution in [-0.2, 0) is 9.53 Å². The molecule has 2 saturated heterocycles. The highest BCUT2D eigenvalue weighted by atomic mass is 35.5. The van der Waals surface area contributed by atoms with Gasteiger partial charge in [0.15, 0.2) is 5.12 Å². The number of alkyl halides is 2. The zero-order valence-electron chi connectivity index (χ0n) is 11.9. The quantitative estimate of drug-likeness (QED) is 0.768. The van der Waals surface area contributed by atoms with E-state index >= 15 is 0 Å². The molecule has 0 saturated carbocycles. The van der Waals surface area contributed by atoms with Crippen LogP contribution >= 0.6 is 35.0 Å². The maximum absolute atomic E-state index is 11.8. The number of nitrogens with one attached hydrogen (secondary N) is 1. The molecular weight excluding hydrogens is 351 g/mol. The molecule has 22 heavy (non-hydrogen) atoms. The highest BCUT2D eigenvalue weighted by Gasteiger charge is 2.41. The van der Waals surface area contributed by atoms with Crippen molar-refractivity contribution < 1.29 is 9.53 Å². The molecule has 0 aromatic carbocycles. The molecule has 122 valence electrons. The number of ether oxygens (including phenoxy) is 1. The van der Waals surface area contributed by atoms with E-state index in [1.54, 1.807) is 6.92 Å². The van der Waals surface area contributed by atoms with Crippen molar-refractivity contribution in [3.63, 3.8) is 0 Å². The molecule has 3 rings (SSSR count). The van der Waals surface area contributed by atoms with Crippen molar-refractivity contribution in [1.29, 1.82) is 0 Å². The van der Waals surface area contributed by atoms with E-state index in [0.29, 0.717) is 24.8 Å². The van der Waals surface area contributed by atoms with Gasteiger partial charge in [-0.2, -0.15) is 0 Å². The van der Waals surface area contributed by atoms with Gasteiger partial charge in [0.2, 0.25) is 0 Å². The number of halogens is 2. The summed E-state index contributed by atoms with van der Waals surface area (Å²) >= 11 is 10.8. The van der Waals surface area contributed by atoms with Crippen molar-refractivity contribution in [3.8, 4) is 0 Å². The van der Waals surface area contributed by atoms with Crippen LogP contribution in [0.2, 0.25) is 0 Å². The number of aryl methyl sites for hydroxylation is 1. The van der Waals surface area contributed by atoms with Gasteiger partial charge in [0.25, 0.3) is 5.56 Å². The van der Waals surface area contributed by atoms with Crippen LogP contribution in [0.3, 0.4) is 0 Å². The molecule has 1 N–H and O–H groups in total. The fourth-order valence-electron chi connectivity index (χ4n) is 2.54. The Balaban J connectivity index is 0.000000545. The summed E-state index contributed by atoms with van der Waals surface area (Å²) in [5.41, 5.74) is -0.362. The van der Waals surface area contributed by atoms with Gasteiger partial charge in [-0.05, 0) is 13.3 Å². The molecule has 9 heteroatoms. The number of H-pyrrole nitrogens is 1. The summed E-state index contributed by atoms with van der Waals surface area (Å²) in [5.74, 6) is 0. The van der Waals surface area contributed by atoms with Crippen LogP contribution in [0.25, 0.3) is 0 Å². The number of nitrogens with zero attached hydrogens (tertiary/aromatic N) is 1. The number of carbonyl (C=O) groups is 1. The third-order valence-electron chi connectivity index (χ3n) is 3.55. The lowest BCUT2D eigenvalue weighted by Gasteiger charge is -2.21. The van der Waals surface area contributed by atoms with Crippen molar-refractivity contribution in [2.24, 2.45) is 0 Å². The average Bonchev–Trinajstić information content (AvgIpc) is 2.86. The minimum Gasteiger partial charge on any atom is -0.353 e. The number of carbonyl (C=O) groups excluding carboxylic acids is 1. The Morgan fingerprint density at radius 2 is 2.09 bits per heavy atom. The van der Waals surface area contributed by atoms with Gasteiger partial charge in [-0.15, -0.1) is 23.2 Å². The van der Waals surface area contributed by atoms with E-state index in [9.17, 15) is 14.4 Å². The topological polar surface area (TPSA) is 81.2 Å². The highest BCUT2D eigenvalue weighted by Crippen LogP contribution is 2.41. The van der Waals surface area contributed by atoms with Gasteiger partial charge in [-0.25, -0.2) is 4.79 Å². The zero-order chi connectivity index (χ0) is 16.3. The second kappa shape index (κ2) is 7.68. The lowest BCUT2D eigenvalue weighted by atomic mass is 10.1. The van der Waals surface area contributed by atoms with Gasteiger partial charge in [0.05, 0.1) is 11.4 Å². The summed E-state index contributed by atoms with van der Waals surface area (Å²) in [6, 6.07) is 0. The summed E-state index contributed by atoms with van der Waals surface area (Å²) in [4.78, 5) is 36.8. The predicted molar refractivity (Wildman–Crippen MR) is 86.8 cm³/mol. The summed E-state index contributed by atoms with van der Waals surface area (Å²) in [6.45, 7) is 1.65. The van der Waals surface area contributed by atoms with Gasteiger partial charge < -0.3 is 4.74 Å². The van der Waals surface area contributed by atoms with E-state index in [2.05, 4.69) is 4.98 Å². The molecule has 2 aliphatic heterocycles. The lowest BCUT2D eigenvalue weighted by molar-refractivity contribution is -0.112. The number of aromatic nitrogens is 2. The number of fused-ring (bicyclic) bond motifs is 1. The molecule has 3 heterocycles. The van der Waals surface area contributed by atoms with Crippen LogP contribution in [-0.4, -0.2) is 31.4 Å². The van der Waals surface area contributed by atoms with Crippen molar-refractivity contribution in [2.45, 2.75) is 43.8 Å². The maximum atomic E-state index is 11.8. The summed E-state index contributed by atoms with van der Waals surface area (Å²) < 4.78 is 7.26. The van der Waals surface area contributed by atoms with E-state index in [-0.39, 0.29) is 27.4 Å². The van der Waals surface area contributed by atoms with Crippen molar-refractivity contribution >= 4 is 40.1 Å². The molecule has 0 unspecified atom stereocenters. The summed E-state index contributed by atoms with van der Waals surface area (Å²) in [7, 11) is 0. The summed E-state index contributed by atoms with van der Waals surface area (Å²) in [6.07, 6.45) is 3.01. The first-order valence-electron chi connectivity index (χ1n) is 6.75. The standard InChI is InChI=1S/C12H14N2O4S.CH2Cl2/c1-6-5-14(12(17)13-11(6)16)9-4-8-7(18-9)2-3-10(15)19-8;2-1-3/h5,7-9H,2-4H2,1H3,(H,13,16,17);1H2/t7-,8+,9-;/m1./s1. The Morgan fingerprint density at radius 1 is 1.41 bits per heavy atom. The molecular formula is C13H16Cl2N2O4S. The van der Waals surface area contributed by atoms with Crippen molar-refractivity contribution in [3.05, 3.63) is 32.6 Å². The van der Waals surface area contributed by atoms with E-state index < -0.39 is 11.9 Å². The number of hydrogen-bond donors (Lipinski definition) is 1. The van der Waals surface area contributed by atoms with Crippen LogP contribution in [0.5, 0.6) is 0 Å². The van der Waals surface area contributed by atoms with Gasteiger partial charge >= 0.3 is 5.69 Å². The third kappa shape index (κ3) is 3.95. The van der Waals surface area contributed by atoms with Crippen molar-refractivity contribution in [1.82, 2.24) is 9.55 Å². The van der Waals surface area contributed by atoms with Crippen LogP contribution in [0.1, 0.15) is 31.1 Å². The molecule has 2 aliphatic rings. The second-order valence-electron chi connectivity index (χ2n) is 5.01. The molecule has 1 aromatic heterocycles. The molecule has 3 atom stereocenters. The zero-order valence-corrected chi connectivity index (χ0v) is 14.2. The molecule has 0 amide bonds. The fraction of sp³-hybridized carbons (Fsp3) is 0.615. The Bertz CT molecular complexity index is 660. The van der Waals surface area contributed by atoms with E-state index in [4.69, 9.17) is 27.9 Å². The maximum Gasteiger partial charge on any atom is 0.330 e. The van der Waals surface area contributed by atoms with Gasteiger partial charge in [-0.1, -0.05) is 11.8 Å².